The lowest BCUT2D eigenvalue weighted by Crippen LogP contribution is -2.26. The van der Waals surface area contributed by atoms with Crippen LogP contribution in [0.15, 0.2) is 10.6 Å². The highest BCUT2D eigenvalue weighted by Gasteiger charge is 2.18. The molecule has 0 bridgehead atoms. The molecule has 0 aromatic carbocycles. The first-order chi connectivity index (χ1) is 10.1. The van der Waals surface area contributed by atoms with Gasteiger partial charge in [-0.2, -0.15) is 0 Å². The molecule has 1 fully saturated rings. The Morgan fingerprint density at radius 2 is 2.32 bits per heavy atom. The van der Waals surface area contributed by atoms with Crippen LogP contribution in [0, 0.1) is 19.8 Å². The van der Waals surface area contributed by atoms with Crippen molar-refractivity contribution in [1.82, 2.24) is 20.8 Å². The van der Waals surface area contributed by atoms with Crippen molar-refractivity contribution in [3.8, 4) is 0 Å². The smallest absolute Gasteiger partial charge is 0.258 e. The Morgan fingerprint density at radius 1 is 1.50 bits per heavy atom. The second-order valence-electron chi connectivity index (χ2n) is 5.66. The van der Waals surface area contributed by atoms with Crippen LogP contribution in [0.5, 0.6) is 0 Å². The Bertz CT molecular complexity index is 665. The van der Waals surface area contributed by atoms with Gasteiger partial charge in [-0.15, -0.1) is 12.4 Å². The number of fused-ring (bicyclic) bond motifs is 1. The molecule has 1 atom stereocenters. The van der Waals surface area contributed by atoms with E-state index in [4.69, 9.17) is 4.52 Å². The van der Waals surface area contributed by atoms with Gasteiger partial charge in [0.1, 0.15) is 0 Å². The molecule has 1 unspecified atom stereocenters. The monoisotopic (exact) mass is 324 g/mol. The summed E-state index contributed by atoms with van der Waals surface area (Å²) in [4.78, 5) is 16.7. The summed E-state index contributed by atoms with van der Waals surface area (Å²) < 4.78 is 5.16. The van der Waals surface area contributed by atoms with Crippen molar-refractivity contribution in [3.63, 3.8) is 0 Å². The van der Waals surface area contributed by atoms with Crippen molar-refractivity contribution in [3.05, 3.63) is 23.0 Å². The molecule has 1 aliphatic rings. The molecule has 2 aromatic rings. The molecule has 1 amide bonds. The lowest BCUT2D eigenvalue weighted by Gasteiger charge is -2.10. The Labute approximate surface area is 135 Å². The van der Waals surface area contributed by atoms with E-state index in [1.54, 1.807) is 6.07 Å². The first-order valence-electron chi connectivity index (χ1n) is 7.37. The molecule has 3 heterocycles. The second-order valence-corrected chi connectivity index (χ2v) is 5.66. The zero-order chi connectivity index (χ0) is 14.8. The average Bonchev–Trinajstić information content (AvgIpc) is 3.08. The molecule has 22 heavy (non-hydrogen) atoms. The maximum absolute atomic E-state index is 12.4. The summed E-state index contributed by atoms with van der Waals surface area (Å²) in [5.41, 5.74) is 2.48. The number of aryl methyl sites for hydroxylation is 2. The van der Waals surface area contributed by atoms with Gasteiger partial charge in [-0.3, -0.25) is 4.79 Å². The molecule has 7 heteroatoms. The minimum absolute atomic E-state index is 0. The van der Waals surface area contributed by atoms with Gasteiger partial charge < -0.3 is 15.2 Å². The topological polar surface area (TPSA) is 80.0 Å². The molecule has 2 N–H and O–H groups in total. The van der Waals surface area contributed by atoms with Crippen molar-refractivity contribution in [2.24, 2.45) is 5.92 Å². The van der Waals surface area contributed by atoms with Crippen molar-refractivity contribution < 1.29 is 9.32 Å². The normalized spacial score (nSPS) is 17.5. The summed E-state index contributed by atoms with van der Waals surface area (Å²) in [6.45, 7) is 6.50. The molecule has 3 rings (SSSR count). The highest BCUT2D eigenvalue weighted by molar-refractivity contribution is 6.06. The maximum Gasteiger partial charge on any atom is 0.258 e. The molecule has 1 aliphatic heterocycles. The van der Waals surface area contributed by atoms with Crippen molar-refractivity contribution in [1.29, 1.82) is 0 Å². The lowest BCUT2D eigenvalue weighted by molar-refractivity contribution is 0.0953. The second kappa shape index (κ2) is 7.07. The van der Waals surface area contributed by atoms with Crippen molar-refractivity contribution in [2.75, 3.05) is 19.6 Å². The summed E-state index contributed by atoms with van der Waals surface area (Å²) >= 11 is 0. The van der Waals surface area contributed by atoms with Gasteiger partial charge in [0.05, 0.1) is 16.6 Å². The van der Waals surface area contributed by atoms with E-state index in [1.807, 2.05) is 13.8 Å². The van der Waals surface area contributed by atoms with E-state index in [-0.39, 0.29) is 18.3 Å². The van der Waals surface area contributed by atoms with Crippen LogP contribution >= 0.6 is 12.4 Å². The maximum atomic E-state index is 12.4. The summed E-state index contributed by atoms with van der Waals surface area (Å²) in [5.74, 6) is 0.588. The molecule has 120 valence electrons. The fourth-order valence-electron chi connectivity index (χ4n) is 2.84. The third kappa shape index (κ3) is 3.39. The van der Waals surface area contributed by atoms with Crippen LogP contribution in [0.1, 0.15) is 34.6 Å². The quantitative estimate of drug-likeness (QED) is 0.899. The molecule has 2 aromatic heterocycles. The Hall–Kier alpha value is -1.66. The largest absolute Gasteiger partial charge is 0.352 e. The lowest BCUT2D eigenvalue weighted by atomic mass is 10.0. The van der Waals surface area contributed by atoms with Gasteiger partial charge in [-0.1, -0.05) is 5.16 Å². The average molecular weight is 325 g/mol. The minimum Gasteiger partial charge on any atom is -0.352 e. The number of nitrogens with zero attached hydrogens (tertiary/aromatic N) is 2. The number of amides is 1. The van der Waals surface area contributed by atoms with Gasteiger partial charge in [0, 0.05) is 12.2 Å². The summed E-state index contributed by atoms with van der Waals surface area (Å²) in [5, 5.41) is 10.9. The molecule has 0 radical (unpaired) electrons. The summed E-state index contributed by atoms with van der Waals surface area (Å²) in [6.07, 6.45) is 2.20. The summed E-state index contributed by atoms with van der Waals surface area (Å²) in [7, 11) is 0. The number of carbonyl (C=O) groups excluding carboxylic acids is 1. The van der Waals surface area contributed by atoms with Crippen LogP contribution in [0.3, 0.4) is 0 Å². The van der Waals surface area contributed by atoms with Crippen molar-refractivity contribution >= 4 is 29.4 Å². The van der Waals surface area contributed by atoms with Gasteiger partial charge in [0.25, 0.3) is 11.6 Å². The SMILES string of the molecule is Cc1cc(C(=O)NCCC2CCNC2)c2c(C)noc2n1.Cl. The van der Waals surface area contributed by atoms with Crippen LogP contribution in [-0.4, -0.2) is 35.7 Å². The molecule has 0 saturated carbocycles. The Morgan fingerprint density at radius 3 is 3.05 bits per heavy atom. The van der Waals surface area contributed by atoms with Crippen LogP contribution < -0.4 is 10.6 Å². The fourth-order valence-corrected chi connectivity index (χ4v) is 2.84. The molecule has 0 spiro atoms. The Kier molecular flexibility index (Phi) is 5.37. The molecule has 0 aliphatic carbocycles. The van der Waals surface area contributed by atoms with Gasteiger partial charge in [-0.25, -0.2) is 4.98 Å². The number of nitrogens with one attached hydrogen (secondary N) is 2. The van der Waals surface area contributed by atoms with E-state index >= 15 is 0 Å². The zero-order valence-corrected chi connectivity index (χ0v) is 13.6. The van der Waals surface area contributed by atoms with E-state index in [1.165, 1.54) is 6.42 Å². The molecule has 6 nitrogen and oxygen atoms in total. The molecular formula is C15H21ClN4O2. The number of pyridine rings is 1. The standard InChI is InChI=1S/C15H20N4O2.ClH/c1-9-7-12(13-10(2)19-21-15(13)18-9)14(20)17-6-4-11-3-5-16-8-11;/h7,11,16H,3-6,8H2,1-2H3,(H,17,20);1H. The first-order valence-corrected chi connectivity index (χ1v) is 7.37. The van der Waals surface area contributed by atoms with E-state index in [9.17, 15) is 4.79 Å². The summed E-state index contributed by atoms with van der Waals surface area (Å²) in [6, 6.07) is 1.79. The highest BCUT2D eigenvalue weighted by Crippen LogP contribution is 2.21. The number of halogens is 1. The van der Waals surface area contributed by atoms with E-state index < -0.39 is 0 Å². The molecule has 1 saturated heterocycles. The van der Waals surface area contributed by atoms with Crippen molar-refractivity contribution in [2.45, 2.75) is 26.7 Å². The number of hydrogen-bond donors (Lipinski definition) is 2. The number of aromatic nitrogens is 2. The number of rotatable bonds is 4. The first kappa shape index (κ1) is 16.7. The van der Waals surface area contributed by atoms with E-state index in [2.05, 4.69) is 20.8 Å². The van der Waals surface area contributed by atoms with Crippen LogP contribution in [0.2, 0.25) is 0 Å². The zero-order valence-electron chi connectivity index (χ0n) is 12.8. The van der Waals surface area contributed by atoms with Gasteiger partial charge in [0.15, 0.2) is 0 Å². The van der Waals surface area contributed by atoms with Crippen LogP contribution in [0.25, 0.3) is 11.1 Å². The third-order valence-corrected chi connectivity index (χ3v) is 3.99. The molecular weight excluding hydrogens is 304 g/mol. The highest BCUT2D eigenvalue weighted by atomic mass is 35.5. The van der Waals surface area contributed by atoms with Crippen LogP contribution in [-0.2, 0) is 0 Å². The number of carbonyl (C=O) groups is 1. The van der Waals surface area contributed by atoms with Gasteiger partial charge in [-0.05, 0) is 51.8 Å². The van der Waals surface area contributed by atoms with Gasteiger partial charge >= 0.3 is 0 Å². The van der Waals surface area contributed by atoms with Gasteiger partial charge in [0.2, 0.25) is 0 Å². The predicted molar refractivity (Wildman–Crippen MR) is 86.5 cm³/mol. The Balaban J connectivity index is 0.00000176. The third-order valence-electron chi connectivity index (χ3n) is 3.99. The minimum atomic E-state index is -0.0808. The van der Waals surface area contributed by atoms with Crippen LogP contribution in [0.4, 0.5) is 0 Å². The predicted octanol–water partition coefficient (Wildman–Crippen LogP) is 1.99. The fraction of sp³-hybridized carbons (Fsp3) is 0.533. The van der Waals surface area contributed by atoms with E-state index in [0.29, 0.717) is 34.8 Å². The number of hydrogen-bond acceptors (Lipinski definition) is 5. The van der Waals surface area contributed by atoms with E-state index in [0.717, 1.165) is 25.2 Å².